The van der Waals surface area contributed by atoms with Gasteiger partial charge in [0.25, 0.3) is 0 Å². The smallest absolute Gasteiger partial charge is 0.309 e. The lowest BCUT2D eigenvalue weighted by molar-refractivity contribution is -0.162. The van der Waals surface area contributed by atoms with Crippen molar-refractivity contribution in [2.45, 2.75) is 59.0 Å². The monoisotopic (exact) mass is 274 g/mol. The van der Waals surface area contributed by atoms with E-state index < -0.39 is 0 Å². The lowest BCUT2D eigenvalue weighted by Gasteiger charge is -2.39. The van der Waals surface area contributed by atoms with Crippen molar-refractivity contribution in [2.75, 3.05) is 0 Å². The Morgan fingerprint density at radius 3 is 2.45 bits per heavy atom. The Morgan fingerprint density at radius 2 is 1.95 bits per heavy atom. The molecule has 4 aliphatic rings. The predicted octanol–water partition coefficient (Wildman–Crippen LogP) is 3.96. The van der Waals surface area contributed by atoms with Crippen LogP contribution in [0.2, 0.25) is 0 Å². The minimum absolute atomic E-state index is 0.0939. The van der Waals surface area contributed by atoms with E-state index in [9.17, 15) is 4.79 Å². The molecule has 4 aliphatic carbocycles. The van der Waals surface area contributed by atoms with Gasteiger partial charge in [-0.05, 0) is 55.3 Å². The third-order valence-corrected chi connectivity index (χ3v) is 7.55. The van der Waals surface area contributed by atoms with Crippen molar-refractivity contribution in [3.05, 3.63) is 12.2 Å². The zero-order valence-corrected chi connectivity index (χ0v) is 12.9. The Kier molecular flexibility index (Phi) is 2.52. The van der Waals surface area contributed by atoms with Crippen molar-refractivity contribution in [3.63, 3.8) is 0 Å². The van der Waals surface area contributed by atoms with Gasteiger partial charge >= 0.3 is 5.97 Å². The van der Waals surface area contributed by atoms with Crippen LogP contribution in [0.25, 0.3) is 0 Å². The number of hydrogen-bond acceptors (Lipinski definition) is 2. The van der Waals surface area contributed by atoms with Crippen LogP contribution in [-0.4, -0.2) is 12.1 Å². The molecule has 4 rings (SSSR count). The molecule has 0 aromatic carbocycles. The summed E-state index contributed by atoms with van der Waals surface area (Å²) >= 11 is 0. The summed E-state index contributed by atoms with van der Waals surface area (Å²) in [4.78, 5) is 12.6. The van der Waals surface area contributed by atoms with E-state index in [1.54, 1.807) is 0 Å². The van der Waals surface area contributed by atoms with Crippen molar-refractivity contribution >= 4 is 5.97 Å². The third kappa shape index (κ3) is 1.48. The lowest BCUT2D eigenvalue weighted by atomic mass is 9.70. The van der Waals surface area contributed by atoms with Gasteiger partial charge in [-0.3, -0.25) is 4.79 Å². The topological polar surface area (TPSA) is 26.3 Å². The Bertz CT molecular complexity index is 478. The molecule has 2 nitrogen and oxygen atoms in total. The van der Waals surface area contributed by atoms with Crippen LogP contribution in [0.5, 0.6) is 0 Å². The van der Waals surface area contributed by atoms with Crippen molar-refractivity contribution in [2.24, 2.45) is 34.5 Å². The molecule has 6 atom stereocenters. The van der Waals surface area contributed by atoms with E-state index in [4.69, 9.17) is 4.74 Å². The molecule has 2 heteroatoms. The van der Waals surface area contributed by atoms with Gasteiger partial charge in [0.05, 0.1) is 5.92 Å². The number of esters is 1. The van der Waals surface area contributed by atoms with E-state index in [1.165, 1.54) is 19.3 Å². The van der Waals surface area contributed by atoms with Crippen LogP contribution in [-0.2, 0) is 9.53 Å². The molecule has 0 radical (unpaired) electrons. The number of ether oxygens (including phenoxy) is 1. The molecule has 3 fully saturated rings. The fourth-order valence-electron chi connectivity index (χ4n) is 5.59. The summed E-state index contributed by atoms with van der Waals surface area (Å²) in [5.74, 6) is 2.09. The highest BCUT2D eigenvalue weighted by Crippen LogP contribution is 2.66. The van der Waals surface area contributed by atoms with Gasteiger partial charge in [0.1, 0.15) is 6.10 Å². The molecular formula is C18H26O2. The molecule has 20 heavy (non-hydrogen) atoms. The maximum absolute atomic E-state index is 12.6. The first-order chi connectivity index (χ1) is 9.42. The fourth-order valence-corrected chi connectivity index (χ4v) is 5.59. The summed E-state index contributed by atoms with van der Waals surface area (Å²) in [6.45, 7) is 7.09. The second-order valence-corrected chi connectivity index (χ2v) is 8.42. The Hall–Kier alpha value is -0.790. The van der Waals surface area contributed by atoms with Crippen molar-refractivity contribution in [3.8, 4) is 0 Å². The molecule has 4 bridgehead atoms. The van der Waals surface area contributed by atoms with E-state index in [0.29, 0.717) is 17.3 Å². The molecule has 0 aromatic heterocycles. The first-order valence-corrected chi connectivity index (χ1v) is 8.30. The summed E-state index contributed by atoms with van der Waals surface area (Å²) < 4.78 is 6.05. The highest BCUT2D eigenvalue weighted by Gasteiger charge is 2.63. The summed E-state index contributed by atoms with van der Waals surface area (Å²) in [5, 5.41) is 0. The minimum Gasteiger partial charge on any atom is -0.462 e. The summed E-state index contributed by atoms with van der Waals surface area (Å²) in [6, 6.07) is 0. The first kappa shape index (κ1) is 12.9. The zero-order chi connectivity index (χ0) is 14.1. The summed E-state index contributed by atoms with van der Waals surface area (Å²) in [6.07, 6.45) is 10.5. The number of allylic oxidation sites excluding steroid dienone is 2. The quantitative estimate of drug-likeness (QED) is 0.563. The van der Waals surface area contributed by atoms with E-state index >= 15 is 0 Å². The van der Waals surface area contributed by atoms with Crippen molar-refractivity contribution in [1.82, 2.24) is 0 Å². The molecule has 3 saturated carbocycles. The van der Waals surface area contributed by atoms with Crippen LogP contribution in [0.1, 0.15) is 52.9 Å². The number of rotatable bonds is 2. The summed E-state index contributed by atoms with van der Waals surface area (Å²) in [7, 11) is 0. The van der Waals surface area contributed by atoms with Crippen LogP contribution in [0.15, 0.2) is 12.2 Å². The van der Waals surface area contributed by atoms with Crippen LogP contribution in [0.3, 0.4) is 0 Å². The van der Waals surface area contributed by atoms with Gasteiger partial charge in [-0.25, -0.2) is 0 Å². The Labute approximate surface area is 122 Å². The first-order valence-electron chi connectivity index (χ1n) is 8.30. The highest BCUT2D eigenvalue weighted by atomic mass is 16.5. The maximum atomic E-state index is 12.6. The largest absolute Gasteiger partial charge is 0.462 e. The Morgan fingerprint density at radius 1 is 1.15 bits per heavy atom. The maximum Gasteiger partial charge on any atom is 0.309 e. The van der Waals surface area contributed by atoms with Crippen molar-refractivity contribution in [1.29, 1.82) is 0 Å². The summed E-state index contributed by atoms with van der Waals surface area (Å²) in [5.41, 5.74) is 0.521. The average Bonchev–Trinajstić information content (AvgIpc) is 3.10. The molecule has 110 valence electrons. The van der Waals surface area contributed by atoms with Gasteiger partial charge in [0.15, 0.2) is 0 Å². The minimum atomic E-state index is 0.0939. The van der Waals surface area contributed by atoms with Gasteiger partial charge in [-0.1, -0.05) is 32.9 Å². The van der Waals surface area contributed by atoms with Crippen LogP contribution >= 0.6 is 0 Å². The average molecular weight is 274 g/mol. The second-order valence-electron chi connectivity index (χ2n) is 8.42. The molecule has 0 N–H and O–H groups in total. The number of hydrogen-bond donors (Lipinski definition) is 0. The SMILES string of the molecule is CC1(C)C2CCC1(C)C(OC(=O)C1CC3C=CC1C3)C2. The number of fused-ring (bicyclic) bond motifs is 4. The molecule has 0 aliphatic heterocycles. The van der Waals surface area contributed by atoms with Crippen LogP contribution in [0, 0.1) is 34.5 Å². The van der Waals surface area contributed by atoms with E-state index in [2.05, 4.69) is 32.9 Å². The standard InChI is InChI=1S/C18H26O2/c1-17(2)13-6-7-18(17,3)15(10-13)20-16(19)14-9-11-4-5-12(14)8-11/h4-5,11-15H,6-10H2,1-3H3. The normalized spacial score (nSPS) is 50.9. The highest BCUT2D eigenvalue weighted by molar-refractivity contribution is 5.74. The van der Waals surface area contributed by atoms with Crippen molar-refractivity contribution < 1.29 is 9.53 Å². The molecule has 0 amide bonds. The van der Waals surface area contributed by atoms with Crippen LogP contribution in [0.4, 0.5) is 0 Å². The molecule has 0 heterocycles. The third-order valence-electron chi connectivity index (χ3n) is 7.55. The second kappa shape index (κ2) is 3.90. The lowest BCUT2D eigenvalue weighted by Crippen LogP contribution is -2.39. The predicted molar refractivity (Wildman–Crippen MR) is 78.0 cm³/mol. The van der Waals surface area contributed by atoms with E-state index in [0.717, 1.165) is 18.8 Å². The fraction of sp³-hybridized carbons (Fsp3) is 0.833. The molecular weight excluding hydrogens is 248 g/mol. The van der Waals surface area contributed by atoms with Gasteiger partial charge < -0.3 is 4.74 Å². The zero-order valence-electron chi connectivity index (χ0n) is 12.9. The number of carbonyl (C=O) groups excluding carboxylic acids is 1. The molecule has 0 spiro atoms. The Balaban J connectivity index is 1.48. The molecule has 0 saturated heterocycles. The van der Waals surface area contributed by atoms with Crippen LogP contribution < -0.4 is 0 Å². The van der Waals surface area contributed by atoms with Gasteiger partial charge in [-0.15, -0.1) is 0 Å². The van der Waals surface area contributed by atoms with Gasteiger partial charge in [-0.2, -0.15) is 0 Å². The van der Waals surface area contributed by atoms with E-state index in [1.807, 2.05) is 0 Å². The van der Waals surface area contributed by atoms with Gasteiger partial charge in [0.2, 0.25) is 0 Å². The molecule has 0 aromatic rings. The van der Waals surface area contributed by atoms with E-state index in [-0.39, 0.29) is 23.4 Å². The van der Waals surface area contributed by atoms with Gasteiger partial charge in [0, 0.05) is 5.41 Å². The molecule has 6 unspecified atom stereocenters. The number of carbonyl (C=O) groups is 1.